The van der Waals surface area contributed by atoms with Crippen molar-refractivity contribution in [3.05, 3.63) is 75.0 Å². The number of halogens is 1. The Morgan fingerprint density at radius 1 is 1.10 bits per heavy atom. The number of ether oxygens (including phenoxy) is 5. The lowest BCUT2D eigenvalue weighted by atomic mass is 10.2. The molecule has 0 aliphatic heterocycles. The number of benzene rings is 2. The van der Waals surface area contributed by atoms with Gasteiger partial charge in [0.1, 0.15) is 17.9 Å². The zero-order valence-corrected chi connectivity index (χ0v) is 25.4. The first kappa shape index (κ1) is 31.2. The van der Waals surface area contributed by atoms with Gasteiger partial charge in [-0.3, -0.25) is 13.9 Å². The summed E-state index contributed by atoms with van der Waals surface area (Å²) in [6, 6.07) is 11.7. The Labute approximate surface area is 248 Å². The number of carbonyl (C=O) groups is 1. The molecule has 1 N–H and O–H groups in total. The SMILES string of the molecule is COc1ccc(OC(=O)OCOP(=O)(COCCn2cnc3c(=O)[nH]c(C)nc32)OCc2cccc(Br)c2)cc1OC. The number of nitrogens with zero attached hydrogens (tertiary/aromatic N) is 3. The van der Waals surface area contributed by atoms with Crippen LogP contribution in [0.1, 0.15) is 11.4 Å². The van der Waals surface area contributed by atoms with Gasteiger partial charge >= 0.3 is 13.8 Å². The Morgan fingerprint density at radius 3 is 2.67 bits per heavy atom. The minimum atomic E-state index is -3.93. The summed E-state index contributed by atoms with van der Waals surface area (Å²) >= 11 is 3.38. The summed E-state index contributed by atoms with van der Waals surface area (Å²) in [5.74, 6) is 1.38. The highest BCUT2D eigenvalue weighted by molar-refractivity contribution is 9.10. The predicted molar refractivity (Wildman–Crippen MR) is 153 cm³/mol. The number of aromatic nitrogens is 4. The molecule has 2 aromatic heterocycles. The Morgan fingerprint density at radius 2 is 1.90 bits per heavy atom. The Bertz CT molecular complexity index is 1640. The number of fused-ring (bicyclic) bond motifs is 1. The molecule has 0 aliphatic rings. The maximum absolute atomic E-state index is 13.5. The van der Waals surface area contributed by atoms with Crippen LogP contribution >= 0.6 is 23.5 Å². The average molecular weight is 667 g/mol. The first-order valence-electron chi connectivity index (χ1n) is 12.4. The van der Waals surface area contributed by atoms with Gasteiger partial charge in [0.2, 0.25) is 6.79 Å². The molecule has 0 amide bonds. The van der Waals surface area contributed by atoms with E-state index in [1.807, 2.05) is 6.07 Å². The standard InChI is InChI=1S/C26H28BrN4O10P/c1-17-29-24-23(25(32)30-17)28-14-31(24)9-10-37-16-42(34,39-13-18-5-4-6-19(27)11-18)40-15-38-26(33)41-20-7-8-21(35-2)22(12-20)36-3/h4-8,11-12,14H,9-10,13,15-16H2,1-3H3,(H,29,30,32). The van der Waals surface area contributed by atoms with Crippen LogP contribution in [-0.2, 0) is 36.2 Å². The van der Waals surface area contributed by atoms with Crippen LogP contribution in [0, 0.1) is 6.92 Å². The Balaban J connectivity index is 1.34. The van der Waals surface area contributed by atoms with E-state index >= 15 is 0 Å². The fourth-order valence-electron chi connectivity index (χ4n) is 3.64. The van der Waals surface area contributed by atoms with Crippen molar-refractivity contribution >= 4 is 40.8 Å². The number of nitrogens with one attached hydrogen (secondary N) is 1. The molecule has 2 heterocycles. The first-order valence-corrected chi connectivity index (χ1v) is 14.9. The van der Waals surface area contributed by atoms with Crippen molar-refractivity contribution in [1.29, 1.82) is 0 Å². The second-order valence-corrected chi connectivity index (χ2v) is 11.5. The van der Waals surface area contributed by atoms with E-state index in [4.69, 9.17) is 32.7 Å². The maximum atomic E-state index is 13.5. The van der Waals surface area contributed by atoms with Gasteiger partial charge in [-0.05, 0) is 36.8 Å². The third-order valence-corrected chi connectivity index (χ3v) is 7.63. The van der Waals surface area contributed by atoms with Gasteiger partial charge in [-0.2, -0.15) is 0 Å². The van der Waals surface area contributed by atoms with E-state index in [2.05, 4.69) is 30.9 Å². The predicted octanol–water partition coefficient (Wildman–Crippen LogP) is 4.78. The van der Waals surface area contributed by atoms with E-state index in [-0.39, 0.29) is 36.6 Å². The van der Waals surface area contributed by atoms with Gasteiger partial charge < -0.3 is 37.8 Å². The molecule has 42 heavy (non-hydrogen) atoms. The molecule has 1 atom stereocenters. The van der Waals surface area contributed by atoms with Crippen LogP contribution in [-0.4, -0.2) is 59.6 Å². The molecule has 4 rings (SSSR count). The zero-order valence-electron chi connectivity index (χ0n) is 22.9. The van der Waals surface area contributed by atoms with Crippen LogP contribution in [0.5, 0.6) is 17.2 Å². The smallest absolute Gasteiger partial charge is 0.493 e. The highest BCUT2D eigenvalue weighted by atomic mass is 79.9. The van der Waals surface area contributed by atoms with Crippen LogP contribution in [0.25, 0.3) is 11.2 Å². The summed E-state index contributed by atoms with van der Waals surface area (Å²) in [5.41, 5.74) is 0.967. The van der Waals surface area contributed by atoms with Crippen molar-refractivity contribution in [2.45, 2.75) is 20.1 Å². The fourth-order valence-corrected chi connectivity index (χ4v) is 5.22. The van der Waals surface area contributed by atoms with E-state index in [1.165, 1.54) is 32.7 Å². The summed E-state index contributed by atoms with van der Waals surface area (Å²) < 4.78 is 53.0. The molecule has 0 radical (unpaired) electrons. The Kier molecular flexibility index (Phi) is 10.7. The zero-order chi connectivity index (χ0) is 30.1. The number of imidazole rings is 1. The molecule has 0 spiro atoms. The number of hydrogen-bond acceptors (Lipinski definition) is 12. The quantitative estimate of drug-likeness (QED) is 0.0645. The van der Waals surface area contributed by atoms with E-state index in [1.54, 1.807) is 35.8 Å². The molecular formula is C26H28BrN4O10P. The van der Waals surface area contributed by atoms with Gasteiger partial charge in [0.15, 0.2) is 22.7 Å². The molecule has 0 fully saturated rings. The van der Waals surface area contributed by atoms with Crippen molar-refractivity contribution in [2.24, 2.45) is 0 Å². The third kappa shape index (κ3) is 8.39. The first-order chi connectivity index (χ1) is 20.2. The van der Waals surface area contributed by atoms with Gasteiger partial charge in [0.25, 0.3) is 5.56 Å². The molecule has 16 heteroatoms. The normalized spacial score (nSPS) is 12.6. The largest absolute Gasteiger partial charge is 0.515 e. The molecule has 2 aromatic carbocycles. The number of carbonyl (C=O) groups excluding carboxylic acids is 1. The van der Waals surface area contributed by atoms with Crippen molar-refractivity contribution in [3.63, 3.8) is 0 Å². The number of aromatic amines is 1. The number of H-pyrrole nitrogens is 1. The van der Waals surface area contributed by atoms with Gasteiger partial charge in [0.05, 0.1) is 33.8 Å². The van der Waals surface area contributed by atoms with E-state index in [0.29, 0.717) is 23.0 Å². The van der Waals surface area contributed by atoms with Gasteiger partial charge in [0, 0.05) is 17.1 Å². The van der Waals surface area contributed by atoms with Crippen molar-refractivity contribution in [3.8, 4) is 17.2 Å². The number of aryl methyl sites for hydroxylation is 1. The lowest BCUT2D eigenvalue weighted by Crippen LogP contribution is -2.15. The number of methoxy groups -OCH3 is 2. The summed E-state index contributed by atoms with van der Waals surface area (Å²) in [7, 11) is -1.02. The molecule has 4 aromatic rings. The van der Waals surface area contributed by atoms with Crippen LogP contribution in [0.4, 0.5) is 4.79 Å². The summed E-state index contributed by atoms with van der Waals surface area (Å²) in [6.45, 7) is 1.19. The van der Waals surface area contributed by atoms with E-state index in [9.17, 15) is 14.2 Å². The Hall–Kier alpha value is -3.75. The number of hydrogen-bond donors (Lipinski definition) is 1. The summed E-state index contributed by atoms with van der Waals surface area (Å²) in [4.78, 5) is 35.3. The molecule has 0 saturated carbocycles. The monoisotopic (exact) mass is 666 g/mol. The van der Waals surface area contributed by atoms with Crippen LogP contribution in [0.15, 0.2) is 58.1 Å². The van der Waals surface area contributed by atoms with Gasteiger partial charge in [-0.1, -0.05) is 28.1 Å². The van der Waals surface area contributed by atoms with Gasteiger partial charge in [-0.25, -0.2) is 14.8 Å². The minimum Gasteiger partial charge on any atom is -0.493 e. The molecule has 224 valence electrons. The fraction of sp³-hybridized carbons (Fsp3) is 0.308. The topological polar surface area (TPSA) is 162 Å². The molecule has 0 aliphatic carbocycles. The molecule has 14 nitrogen and oxygen atoms in total. The lowest BCUT2D eigenvalue weighted by molar-refractivity contribution is 0.0153. The van der Waals surface area contributed by atoms with Crippen molar-refractivity contribution in [1.82, 2.24) is 19.5 Å². The van der Waals surface area contributed by atoms with Crippen LogP contribution in [0.2, 0.25) is 0 Å². The summed E-state index contributed by atoms with van der Waals surface area (Å²) in [5, 5.41) is 0. The van der Waals surface area contributed by atoms with Crippen molar-refractivity contribution in [2.75, 3.05) is 34.0 Å². The lowest BCUT2D eigenvalue weighted by Gasteiger charge is -2.19. The second-order valence-electron chi connectivity index (χ2n) is 8.57. The average Bonchev–Trinajstić information content (AvgIpc) is 3.37. The van der Waals surface area contributed by atoms with E-state index in [0.717, 1.165) is 10.0 Å². The van der Waals surface area contributed by atoms with Crippen LogP contribution < -0.4 is 19.8 Å². The van der Waals surface area contributed by atoms with Gasteiger partial charge in [-0.15, -0.1) is 0 Å². The second kappa shape index (κ2) is 14.4. The van der Waals surface area contributed by atoms with Crippen molar-refractivity contribution < 1.29 is 42.1 Å². The maximum Gasteiger partial charge on any atom is 0.515 e. The van der Waals surface area contributed by atoms with Crippen LogP contribution in [0.3, 0.4) is 0 Å². The molecule has 0 bridgehead atoms. The highest BCUT2D eigenvalue weighted by Crippen LogP contribution is 2.49. The molecule has 0 saturated heterocycles. The third-order valence-electron chi connectivity index (χ3n) is 5.62. The van der Waals surface area contributed by atoms with E-state index < -0.39 is 26.9 Å². The minimum absolute atomic E-state index is 0.0612. The summed E-state index contributed by atoms with van der Waals surface area (Å²) in [6.07, 6.45) is -0.0891. The number of rotatable bonds is 14. The molecular weight excluding hydrogens is 639 g/mol. The molecule has 1 unspecified atom stereocenters. The highest BCUT2D eigenvalue weighted by Gasteiger charge is 2.27.